The van der Waals surface area contributed by atoms with E-state index < -0.39 is 5.60 Å². The number of fused-ring (bicyclic) bond motifs is 1. The zero-order chi connectivity index (χ0) is 15.1. The Hall–Kier alpha value is -1.26. The van der Waals surface area contributed by atoms with Gasteiger partial charge in [0.1, 0.15) is 5.60 Å². The maximum atomic E-state index is 12.3. The van der Waals surface area contributed by atoms with Gasteiger partial charge in [-0.2, -0.15) is 0 Å². The van der Waals surface area contributed by atoms with Crippen LogP contribution in [-0.2, 0) is 9.53 Å². The van der Waals surface area contributed by atoms with Crippen LogP contribution in [0.2, 0.25) is 0 Å². The van der Waals surface area contributed by atoms with E-state index in [1.54, 1.807) is 4.90 Å². The molecule has 20 heavy (non-hydrogen) atoms. The SMILES string of the molecule is CCN(CC)C(=O)C1C2CN(C(=O)OC(C)(C)C)CC21. The van der Waals surface area contributed by atoms with Crippen LogP contribution < -0.4 is 0 Å². The van der Waals surface area contributed by atoms with Crippen LogP contribution >= 0.6 is 0 Å². The van der Waals surface area contributed by atoms with Gasteiger partial charge in [0.05, 0.1) is 0 Å². The van der Waals surface area contributed by atoms with Gasteiger partial charge in [0, 0.05) is 32.1 Å². The zero-order valence-corrected chi connectivity index (χ0v) is 13.2. The van der Waals surface area contributed by atoms with E-state index in [1.807, 2.05) is 39.5 Å². The molecule has 0 radical (unpaired) electrons. The zero-order valence-electron chi connectivity index (χ0n) is 13.2. The van der Waals surface area contributed by atoms with Gasteiger partial charge in [-0.25, -0.2) is 4.79 Å². The molecule has 2 unspecified atom stereocenters. The topological polar surface area (TPSA) is 49.9 Å². The van der Waals surface area contributed by atoms with Crippen LogP contribution in [0.1, 0.15) is 34.6 Å². The molecular weight excluding hydrogens is 256 g/mol. The van der Waals surface area contributed by atoms with Crippen LogP contribution in [0.5, 0.6) is 0 Å². The molecule has 2 fully saturated rings. The third-order valence-electron chi connectivity index (χ3n) is 4.21. The molecule has 2 atom stereocenters. The molecule has 0 spiro atoms. The molecule has 2 amide bonds. The third-order valence-corrected chi connectivity index (χ3v) is 4.21. The average Bonchev–Trinajstić information content (AvgIpc) is 2.83. The van der Waals surface area contributed by atoms with Crippen molar-refractivity contribution in [3.63, 3.8) is 0 Å². The Labute approximate surface area is 121 Å². The average molecular weight is 282 g/mol. The van der Waals surface area contributed by atoms with Crippen molar-refractivity contribution < 1.29 is 14.3 Å². The van der Waals surface area contributed by atoms with Crippen LogP contribution in [0.4, 0.5) is 4.79 Å². The lowest BCUT2D eigenvalue weighted by molar-refractivity contribution is -0.133. The molecule has 5 heteroatoms. The van der Waals surface area contributed by atoms with Crippen molar-refractivity contribution in [2.24, 2.45) is 17.8 Å². The summed E-state index contributed by atoms with van der Waals surface area (Å²) < 4.78 is 5.37. The summed E-state index contributed by atoms with van der Waals surface area (Å²) in [6.07, 6.45) is -0.251. The number of ether oxygens (including phenoxy) is 1. The minimum atomic E-state index is -0.458. The quantitative estimate of drug-likeness (QED) is 0.795. The largest absolute Gasteiger partial charge is 0.444 e. The highest BCUT2D eigenvalue weighted by atomic mass is 16.6. The molecule has 1 saturated carbocycles. The number of amides is 2. The predicted molar refractivity (Wildman–Crippen MR) is 76.2 cm³/mol. The molecule has 0 N–H and O–H groups in total. The van der Waals surface area contributed by atoms with Crippen molar-refractivity contribution in [3.05, 3.63) is 0 Å². The maximum Gasteiger partial charge on any atom is 0.410 e. The lowest BCUT2D eigenvalue weighted by Gasteiger charge is -2.26. The van der Waals surface area contributed by atoms with Crippen molar-refractivity contribution in [1.29, 1.82) is 0 Å². The summed E-state index contributed by atoms with van der Waals surface area (Å²) in [4.78, 5) is 27.9. The number of piperidine rings is 1. The van der Waals surface area contributed by atoms with Crippen LogP contribution in [-0.4, -0.2) is 53.6 Å². The predicted octanol–water partition coefficient (Wildman–Crippen LogP) is 1.97. The van der Waals surface area contributed by atoms with E-state index in [9.17, 15) is 9.59 Å². The lowest BCUT2D eigenvalue weighted by atomic mass is 10.2. The Bertz CT molecular complexity index is 386. The number of rotatable bonds is 3. The molecule has 114 valence electrons. The summed E-state index contributed by atoms with van der Waals surface area (Å²) in [5.41, 5.74) is -0.458. The molecule has 1 heterocycles. The maximum absolute atomic E-state index is 12.3. The highest BCUT2D eigenvalue weighted by Gasteiger charge is 2.61. The number of likely N-dealkylation sites (tertiary alicyclic amines) is 1. The number of carbonyl (C=O) groups excluding carboxylic acids is 2. The lowest BCUT2D eigenvalue weighted by Crippen LogP contribution is -2.39. The fourth-order valence-corrected chi connectivity index (χ4v) is 3.11. The van der Waals surface area contributed by atoms with Gasteiger partial charge >= 0.3 is 6.09 Å². The van der Waals surface area contributed by atoms with Gasteiger partial charge in [0.15, 0.2) is 0 Å². The van der Waals surface area contributed by atoms with Gasteiger partial charge < -0.3 is 14.5 Å². The molecule has 1 aliphatic heterocycles. The molecule has 2 rings (SSSR count). The number of hydrogen-bond acceptors (Lipinski definition) is 3. The minimum Gasteiger partial charge on any atom is -0.444 e. The summed E-state index contributed by atoms with van der Waals surface area (Å²) in [5.74, 6) is 1.08. The van der Waals surface area contributed by atoms with Crippen molar-refractivity contribution in [1.82, 2.24) is 9.80 Å². The summed E-state index contributed by atoms with van der Waals surface area (Å²) in [5, 5.41) is 0. The molecule has 0 aromatic heterocycles. The highest BCUT2D eigenvalue weighted by molar-refractivity contribution is 5.83. The van der Waals surface area contributed by atoms with Crippen molar-refractivity contribution in [3.8, 4) is 0 Å². The standard InChI is InChI=1S/C15H26N2O3/c1-6-16(7-2)13(18)12-10-8-17(9-11(10)12)14(19)20-15(3,4)5/h10-12H,6-9H2,1-5H3. The molecule has 1 saturated heterocycles. The van der Waals surface area contributed by atoms with Crippen LogP contribution in [0.3, 0.4) is 0 Å². The molecule has 2 aliphatic rings. The molecule has 0 aromatic rings. The summed E-state index contributed by atoms with van der Waals surface area (Å²) in [6, 6.07) is 0. The second-order valence-corrected chi connectivity index (χ2v) is 6.75. The van der Waals surface area contributed by atoms with Crippen LogP contribution in [0.15, 0.2) is 0 Å². The van der Waals surface area contributed by atoms with Crippen LogP contribution in [0, 0.1) is 17.8 Å². The van der Waals surface area contributed by atoms with Crippen molar-refractivity contribution >= 4 is 12.0 Å². The first kappa shape index (κ1) is 15.1. The molecule has 5 nitrogen and oxygen atoms in total. The Kier molecular flexibility index (Phi) is 3.98. The van der Waals surface area contributed by atoms with Crippen molar-refractivity contribution in [2.75, 3.05) is 26.2 Å². The van der Waals surface area contributed by atoms with E-state index >= 15 is 0 Å². The highest BCUT2D eigenvalue weighted by Crippen LogP contribution is 2.52. The molecule has 0 bridgehead atoms. The van der Waals surface area contributed by atoms with E-state index in [2.05, 4.69) is 0 Å². The summed E-state index contributed by atoms with van der Waals surface area (Å²) in [7, 11) is 0. The minimum absolute atomic E-state index is 0.133. The van der Waals surface area contributed by atoms with Gasteiger partial charge in [-0.1, -0.05) is 0 Å². The number of hydrogen-bond donors (Lipinski definition) is 0. The second kappa shape index (κ2) is 5.26. The number of nitrogens with zero attached hydrogens (tertiary/aromatic N) is 2. The first-order chi connectivity index (χ1) is 9.28. The second-order valence-electron chi connectivity index (χ2n) is 6.75. The fourth-order valence-electron chi connectivity index (χ4n) is 3.11. The monoisotopic (exact) mass is 282 g/mol. The Morgan fingerprint density at radius 1 is 1.15 bits per heavy atom. The van der Waals surface area contributed by atoms with Gasteiger partial charge in [-0.15, -0.1) is 0 Å². The van der Waals surface area contributed by atoms with Gasteiger partial charge in [-0.05, 0) is 46.5 Å². The molecular formula is C15H26N2O3. The third kappa shape index (κ3) is 2.91. The van der Waals surface area contributed by atoms with E-state index in [1.165, 1.54) is 0 Å². The molecule has 0 aromatic carbocycles. The van der Waals surface area contributed by atoms with Gasteiger partial charge in [-0.3, -0.25) is 4.79 Å². The first-order valence-corrected chi connectivity index (χ1v) is 7.55. The van der Waals surface area contributed by atoms with Crippen molar-refractivity contribution in [2.45, 2.75) is 40.2 Å². The summed E-state index contributed by atoms with van der Waals surface area (Å²) in [6.45, 7) is 12.5. The van der Waals surface area contributed by atoms with Gasteiger partial charge in [0.2, 0.25) is 5.91 Å². The van der Waals surface area contributed by atoms with E-state index in [0.717, 1.165) is 13.1 Å². The molecule has 1 aliphatic carbocycles. The fraction of sp³-hybridized carbons (Fsp3) is 0.867. The van der Waals surface area contributed by atoms with E-state index in [0.29, 0.717) is 24.9 Å². The summed E-state index contributed by atoms with van der Waals surface area (Å²) >= 11 is 0. The number of carbonyl (C=O) groups is 2. The van der Waals surface area contributed by atoms with Gasteiger partial charge in [0.25, 0.3) is 0 Å². The Morgan fingerprint density at radius 2 is 1.65 bits per heavy atom. The normalized spacial score (nSPS) is 28.1. The van der Waals surface area contributed by atoms with Crippen LogP contribution in [0.25, 0.3) is 0 Å². The van der Waals surface area contributed by atoms with E-state index in [-0.39, 0.29) is 17.9 Å². The van der Waals surface area contributed by atoms with E-state index in [4.69, 9.17) is 4.74 Å². The smallest absolute Gasteiger partial charge is 0.410 e. The Balaban J connectivity index is 1.85. The Morgan fingerprint density at radius 3 is 2.05 bits per heavy atom. The first-order valence-electron chi connectivity index (χ1n) is 7.55.